The van der Waals surface area contributed by atoms with Crippen LogP contribution in [0.4, 0.5) is 0 Å². The predicted octanol–water partition coefficient (Wildman–Crippen LogP) is 0.701. The Morgan fingerprint density at radius 3 is 2.38 bits per heavy atom. The van der Waals surface area contributed by atoms with Gasteiger partial charge in [0.2, 0.25) is 5.91 Å². The van der Waals surface area contributed by atoms with Gasteiger partial charge in [-0.05, 0) is 27.2 Å². The Kier molecular flexibility index (Phi) is 4.06. The number of aliphatic carboxylic acids is 1. The average molecular weight is 227 g/mol. The van der Waals surface area contributed by atoms with Crippen LogP contribution in [0.5, 0.6) is 0 Å². The number of hydrogen-bond acceptors (Lipinski definition) is 3. The summed E-state index contributed by atoms with van der Waals surface area (Å²) in [6.07, 6.45) is 0.758. The molecule has 0 saturated carbocycles. The van der Waals surface area contributed by atoms with E-state index in [0.29, 0.717) is 6.61 Å². The summed E-state index contributed by atoms with van der Waals surface area (Å²) in [4.78, 5) is 22.4. The minimum atomic E-state index is -1.07. The standard InChI is InChI=1S/C11H17NO4/c1-6(7(2)11(14)15)10(13)12-9-4-5-16-8(9)3/h8-9H,4-5H2,1-3H3,(H,12,13)(H,14,15). The van der Waals surface area contributed by atoms with Crippen molar-refractivity contribution in [1.29, 1.82) is 0 Å². The van der Waals surface area contributed by atoms with Crippen molar-refractivity contribution in [2.75, 3.05) is 6.61 Å². The second kappa shape index (κ2) is 5.12. The lowest BCUT2D eigenvalue weighted by Gasteiger charge is -2.16. The van der Waals surface area contributed by atoms with E-state index in [-0.39, 0.29) is 29.2 Å². The molecule has 1 heterocycles. The molecule has 0 aliphatic carbocycles. The molecule has 1 rings (SSSR count). The molecule has 16 heavy (non-hydrogen) atoms. The Labute approximate surface area is 94.5 Å². The summed E-state index contributed by atoms with van der Waals surface area (Å²) in [6, 6.07) is -0.0240. The van der Waals surface area contributed by atoms with Crippen molar-refractivity contribution in [3.63, 3.8) is 0 Å². The number of amides is 1. The molecule has 0 aromatic carbocycles. The fraction of sp³-hybridized carbons (Fsp3) is 0.636. The van der Waals surface area contributed by atoms with E-state index in [1.807, 2.05) is 6.92 Å². The van der Waals surface area contributed by atoms with Crippen LogP contribution in [-0.4, -0.2) is 35.7 Å². The molecule has 0 aromatic rings. The molecule has 2 N–H and O–H groups in total. The van der Waals surface area contributed by atoms with E-state index in [4.69, 9.17) is 9.84 Å². The van der Waals surface area contributed by atoms with Gasteiger partial charge < -0.3 is 15.2 Å². The zero-order chi connectivity index (χ0) is 12.3. The number of carbonyl (C=O) groups is 2. The molecule has 90 valence electrons. The lowest BCUT2D eigenvalue weighted by molar-refractivity contribution is -0.133. The predicted molar refractivity (Wildman–Crippen MR) is 58.0 cm³/mol. The molecule has 2 atom stereocenters. The third-order valence-electron chi connectivity index (χ3n) is 2.92. The highest BCUT2D eigenvalue weighted by molar-refractivity contribution is 6.01. The Balaban J connectivity index is 2.65. The van der Waals surface area contributed by atoms with E-state index in [2.05, 4.69) is 5.32 Å². The number of rotatable bonds is 3. The van der Waals surface area contributed by atoms with Crippen molar-refractivity contribution in [2.45, 2.75) is 39.3 Å². The molecule has 1 fully saturated rings. The molecular formula is C11H17NO4. The first-order chi connectivity index (χ1) is 7.43. The summed E-state index contributed by atoms with van der Waals surface area (Å²) in [5.74, 6) is -1.40. The van der Waals surface area contributed by atoms with Gasteiger partial charge in [0, 0.05) is 17.8 Å². The second-order valence-corrected chi connectivity index (χ2v) is 4.00. The Morgan fingerprint density at radius 1 is 1.31 bits per heavy atom. The van der Waals surface area contributed by atoms with Gasteiger partial charge in [-0.15, -0.1) is 0 Å². The number of carbonyl (C=O) groups excluding carboxylic acids is 1. The molecule has 1 amide bonds. The molecule has 0 spiro atoms. The fourth-order valence-electron chi connectivity index (χ4n) is 1.53. The van der Waals surface area contributed by atoms with Gasteiger partial charge in [0.05, 0.1) is 12.1 Å². The molecule has 2 unspecified atom stereocenters. The van der Waals surface area contributed by atoms with E-state index in [1.54, 1.807) is 0 Å². The van der Waals surface area contributed by atoms with E-state index >= 15 is 0 Å². The number of nitrogens with one attached hydrogen (secondary N) is 1. The summed E-state index contributed by atoms with van der Waals surface area (Å²) in [6.45, 7) is 5.46. The number of carboxylic acids is 1. The smallest absolute Gasteiger partial charge is 0.331 e. The zero-order valence-electron chi connectivity index (χ0n) is 9.74. The summed E-state index contributed by atoms with van der Waals surface area (Å²) < 4.78 is 5.31. The fourth-order valence-corrected chi connectivity index (χ4v) is 1.53. The Hall–Kier alpha value is -1.36. The normalized spacial score (nSPS) is 26.2. The minimum absolute atomic E-state index is 0.0121. The highest BCUT2D eigenvalue weighted by Gasteiger charge is 2.26. The summed E-state index contributed by atoms with van der Waals surface area (Å²) in [5, 5.41) is 11.5. The molecule has 5 heteroatoms. The highest BCUT2D eigenvalue weighted by atomic mass is 16.5. The maximum Gasteiger partial charge on any atom is 0.331 e. The lowest BCUT2D eigenvalue weighted by Crippen LogP contribution is -2.40. The van der Waals surface area contributed by atoms with Gasteiger partial charge in [0.15, 0.2) is 0 Å². The van der Waals surface area contributed by atoms with Crippen LogP contribution in [0.3, 0.4) is 0 Å². The van der Waals surface area contributed by atoms with Crippen molar-refractivity contribution >= 4 is 11.9 Å². The van der Waals surface area contributed by atoms with Gasteiger partial charge in [-0.3, -0.25) is 4.79 Å². The average Bonchev–Trinajstić information content (AvgIpc) is 2.62. The monoisotopic (exact) mass is 227 g/mol. The van der Waals surface area contributed by atoms with Crippen molar-refractivity contribution in [2.24, 2.45) is 0 Å². The maximum atomic E-state index is 11.7. The third-order valence-corrected chi connectivity index (χ3v) is 2.92. The summed E-state index contributed by atoms with van der Waals surface area (Å²) >= 11 is 0. The summed E-state index contributed by atoms with van der Waals surface area (Å²) in [7, 11) is 0. The van der Waals surface area contributed by atoms with Crippen LogP contribution in [0.25, 0.3) is 0 Å². The molecule has 5 nitrogen and oxygen atoms in total. The van der Waals surface area contributed by atoms with Crippen molar-refractivity contribution in [3.8, 4) is 0 Å². The van der Waals surface area contributed by atoms with Crippen LogP contribution in [0.2, 0.25) is 0 Å². The molecule has 1 saturated heterocycles. The SMILES string of the molecule is CC(C(=O)O)=C(C)C(=O)NC1CCOC1C. The minimum Gasteiger partial charge on any atom is -0.478 e. The first kappa shape index (κ1) is 12.7. The van der Waals surface area contributed by atoms with Crippen LogP contribution in [0.15, 0.2) is 11.1 Å². The molecule has 1 aliphatic rings. The first-order valence-electron chi connectivity index (χ1n) is 5.26. The topological polar surface area (TPSA) is 75.6 Å². The van der Waals surface area contributed by atoms with Gasteiger partial charge in [-0.1, -0.05) is 0 Å². The van der Waals surface area contributed by atoms with Crippen LogP contribution >= 0.6 is 0 Å². The number of hydrogen-bond donors (Lipinski definition) is 2. The van der Waals surface area contributed by atoms with Crippen LogP contribution < -0.4 is 5.32 Å². The highest BCUT2D eigenvalue weighted by Crippen LogP contribution is 2.13. The van der Waals surface area contributed by atoms with Crippen LogP contribution in [0.1, 0.15) is 27.2 Å². The lowest BCUT2D eigenvalue weighted by atomic mass is 10.1. The zero-order valence-corrected chi connectivity index (χ0v) is 9.74. The second-order valence-electron chi connectivity index (χ2n) is 4.00. The quantitative estimate of drug-likeness (QED) is 0.696. The van der Waals surface area contributed by atoms with Crippen molar-refractivity contribution < 1.29 is 19.4 Å². The Morgan fingerprint density at radius 2 is 1.94 bits per heavy atom. The molecule has 0 bridgehead atoms. The van der Waals surface area contributed by atoms with Crippen molar-refractivity contribution in [3.05, 3.63) is 11.1 Å². The first-order valence-corrected chi connectivity index (χ1v) is 5.26. The van der Waals surface area contributed by atoms with Crippen LogP contribution in [-0.2, 0) is 14.3 Å². The largest absolute Gasteiger partial charge is 0.478 e. The van der Waals surface area contributed by atoms with E-state index in [9.17, 15) is 9.59 Å². The van der Waals surface area contributed by atoms with Gasteiger partial charge in [-0.2, -0.15) is 0 Å². The van der Waals surface area contributed by atoms with Gasteiger partial charge >= 0.3 is 5.97 Å². The van der Waals surface area contributed by atoms with Gasteiger partial charge in [-0.25, -0.2) is 4.79 Å². The molecule has 0 radical (unpaired) electrons. The third kappa shape index (κ3) is 2.82. The van der Waals surface area contributed by atoms with Gasteiger partial charge in [0.25, 0.3) is 0 Å². The van der Waals surface area contributed by atoms with E-state index in [1.165, 1.54) is 13.8 Å². The molecule has 0 aromatic heterocycles. The maximum absolute atomic E-state index is 11.7. The molecule has 1 aliphatic heterocycles. The summed E-state index contributed by atoms with van der Waals surface area (Å²) in [5.41, 5.74) is 0.315. The van der Waals surface area contributed by atoms with Crippen LogP contribution in [0, 0.1) is 0 Å². The van der Waals surface area contributed by atoms with E-state index in [0.717, 1.165) is 6.42 Å². The Bertz CT molecular complexity index is 335. The van der Waals surface area contributed by atoms with Crippen molar-refractivity contribution in [1.82, 2.24) is 5.32 Å². The molecular weight excluding hydrogens is 210 g/mol. The number of carboxylic acid groups (broad SMARTS) is 1. The van der Waals surface area contributed by atoms with E-state index < -0.39 is 5.97 Å². The number of ether oxygens (including phenoxy) is 1. The van der Waals surface area contributed by atoms with Gasteiger partial charge in [0.1, 0.15) is 0 Å².